The molecule has 0 amide bonds. The van der Waals surface area contributed by atoms with Crippen molar-refractivity contribution in [3.05, 3.63) is 114 Å². The lowest BCUT2D eigenvalue weighted by molar-refractivity contribution is -0.272. The first-order chi connectivity index (χ1) is 22.8. The first-order valence-corrected chi connectivity index (χ1v) is 14.6. The number of ether oxygens (including phenoxy) is 7. The minimum Gasteiger partial charge on any atom is -0.508 e. The molecule has 1 heterocycles. The van der Waals surface area contributed by atoms with Crippen molar-refractivity contribution in [3.63, 3.8) is 0 Å². The zero-order chi connectivity index (χ0) is 33.3. The Labute approximate surface area is 270 Å². The molecule has 0 radical (unpaired) electrons. The van der Waals surface area contributed by atoms with E-state index in [4.69, 9.17) is 33.2 Å². The molecule has 1 aliphatic rings. The molecule has 5 rings (SSSR count). The number of esters is 2. The number of phenols is 1. The van der Waals surface area contributed by atoms with Gasteiger partial charge in [0.15, 0.2) is 29.8 Å². The van der Waals surface area contributed by atoms with Crippen molar-refractivity contribution in [2.24, 2.45) is 0 Å². The average molecular weight is 647 g/mol. The van der Waals surface area contributed by atoms with Crippen LogP contribution in [0.25, 0.3) is 0 Å². The molecule has 0 aliphatic carbocycles. The number of aliphatic hydroxyl groups is 2. The van der Waals surface area contributed by atoms with Gasteiger partial charge >= 0.3 is 11.9 Å². The Morgan fingerprint density at radius 1 is 0.745 bits per heavy atom. The van der Waals surface area contributed by atoms with E-state index < -0.39 is 49.3 Å². The van der Waals surface area contributed by atoms with Gasteiger partial charge in [0.1, 0.15) is 30.0 Å². The van der Waals surface area contributed by atoms with Crippen LogP contribution in [-0.2, 0) is 20.8 Å². The van der Waals surface area contributed by atoms with Gasteiger partial charge in [0.05, 0.1) is 32.0 Å². The topological polar surface area (TPSA) is 159 Å². The van der Waals surface area contributed by atoms with E-state index in [2.05, 4.69) is 0 Å². The Morgan fingerprint density at radius 2 is 1.38 bits per heavy atom. The highest BCUT2D eigenvalue weighted by molar-refractivity contribution is 5.89. The van der Waals surface area contributed by atoms with Gasteiger partial charge in [0.25, 0.3) is 0 Å². The number of hydrogen-bond acceptors (Lipinski definition) is 12. The van der Waals surface area contributed by atoms with E-state index in [1.165, 1.54) is 38.5 Å². The second kappa shape index (κ2) is 15.3. The summed E-state index contributed by atoms with van der Waals surface area (Å²) in [6, 6.07) is 25.3. The highest BCUT2D eigenvalue weighted by Gasteiger charge is 2.50. The van der Waals surface area contributed by atoms with E-state index in [0.29, 0.717) is 17.1 Å². The summed E-state index contributed by atoms with van der Waals surface area (Å²) in [4.78, 5) is 25.8. The lowest BCUT2D eigenvalue weighted by atomic mass is 9.98. The quantitative estimate of drug-likeness (QED) is 0.191. The van der Waals surface area contributed by atoms with Crippen LogP contribution in [0.1, 0.15) is 26.3 Å². The Hall–Kier alpha value is -5.30. The predicted octanol–water partition coefficient (Wildman–Crippen LogP) is 3.90. The maximum atomic E-state index is 13.2. The van der Waals surface area contributed by atoms with Crippen LogP contribution in [-0.4, -0.2) is 78.8 Å². The summed E-state index contributed by atoms with van der Waals surface area (Å²) in [5.41, 5.74) is 0.804. The molecule has 246 valence electrons. The van der Waals surface area contributed by atoms with Crippen LogP contribution in [0.5, 0.6) is 28.7 Å². The molecule has 5 atom stereocenters. The standard InChI is InChI=1S/C35H34O12/c1-41-27-16-14-25(18-28(27)42-2)44-31-29(19-36)46-35(30(38)32(31)47-34(40)22-11-7-4-8-12-22)45-26-15-13-24(37)17-23(26)20-43-33(39)21-9-5-3-6-10-21/h3-18,29-32,35-38H,19-20H2,1-2H3. The molecule has 12 heteroatoms. The van der Waals surface area contributed by atoms with E-state index in [-0.39, 0.29) is 35.0 Å². The Bertz CT molecular complexity index is 1650. The van der Waals surface area contributed by atoms with Gasteiger partial charge < -0.3 is 48.5 Å². The fourth-order valence-corrected chi connectivity index (χ4v) is 4.95. The molecule has 0 bridgehead atoms. The van der Waals surface area contributed by atoms with Crippen LogP contribution in [0.15, 0.2) is 97.1 Å². The average Bonchev–Trinajstić information content (AvgIpc) is 3.11. The van der Waals surface area contributed by atoms with Crippen molar-refractivity contribution >= 4 is 11.9 Å². The normalized spacial score (nSPS) is 20.5. The number of aliphatic hydroxyl groups excluding tert-OH is 2. The molecule has 0 spiro atoms. The third-order valence-electron chi connectivity index (χ3n) is 7.33. The van der Waals surface area contributed by atoms with Gasteiger partial charge in [0, 0.05) is 11.6 Å². The summed E-state index contributed by atoms with van der Waals surface area (Å²) >= 11 is 0. The van der Waals surface area contributed by atoms with E-state index in [1.54, 1.807) is 72.8 Å². The maximum Gasteiger partial charge on any atom is 0.338 e. The maximum absolute atomic E-state index is 13.2. The van der Waals surface area contributed by atoms with Crippen LogP contribution in [0.2, 0.25) is 0 Å². The summed E-state index contributed by atoms with van der Waals surface area (Å²) < 4.78 is 40.1. The van der Waals surface area contributed by atoms with Crippen molar-refractivity contribution in [3.8, 4) is 28.7 Å². The number of rotatable bonds is 12. The van der Waals surface area contributed by atoms with Gasteiger partial charge in [-0.2, -0.15) is 0 Å². The number of phenolic OH excluding ortho intramolecular Hbond substituents is 1. The van der Waals surface area contributed by atoms with Crippen LogP contribution in [0.4, 0.5) is 0 Å². The van der Waals surface area contributed by atoms with Crippen LogP contribution in [0.3, 0.4) is 0 Å². The fourth-order valence-electron chi connectivity index (χ4n) is 4.95. The third-order valence-corrected chi connectivity index (χ3v) is 7.33. The molecule has 1 saturated heterocycles. The molecule has 3 N–H and O–H groups in total. The summed E-state index contributed by atoms with van der Waals surface area (Å²) in [6.45, 7) is -0.901. The predicted molar refractivity (Wildman–Crippen MR) is 166 cm³/mol. The number of methoxy groups -OCH3 is 2. The number of aromatic hydroxyl groups is 1. The summed E-state index contributed by atoms with van der Waals surface area (Å²) in [5.74, 6) is -0.337. The Balaban J connectivity index is 1.41. The molecular formula is C35H34O12. The lowest BCUT2D eigenvalue weighted by Gasteiger charge is -2.43. The van der Waals surface area contributed by atoms with Gasteiger partial charge in [-0.05, 0) is 54.6 Å². The monoisotopic (exact) mass is 646 g/mol. The molecule has 1 fully saturated rings. The molecule has 0 saturated carbocycles. The van der Waals surface area contributed by atoms with Crippen molar-refractivity contribution in [1.82, 2.24) is 0 Å². The lowest BCUT2D eigenvalue weighted by Crippen LogP contribution is -2.63. The van der Waals surface area contributed by atoms with Crippen molar-refractivity contribution in [1.29, 1.82) is 0 Å². The first kappa shape index (κ1) is 33.1. The summed E-state index contributed by atoms with van der Waals surface area (Å²) in [7, 11) is 2.94. The van der Waals surface area contributed by atoms with Crippen molar-refractivity contribution in [2.45, 2.75) is 37.3 Å². The number of carbonyl (C=O) groups excluding carboxylic acids is 2. The van der Waals surface area contributed by atoms with Crippen LogP contribution in [0, 0.1) is 0 Å². The highest BCUT2D eigenvalue weighted by Crippen LogP contribution is 2.35. The third kappa shape index (κ3) is 7.93. The highest BCUT2D eigenvalue weighted by atomic mass is 16.7. The minimum atomic E-state index is -1.65. The molecule has 1 aliphatic heterocycles. The summed E-state index contributed by atoms with van der Waals surface area (Å²) in [6.07, 6.45) is -6.94. The second-order valence-electron chi connectivity index (χ2n) is 10.4. The van der Waals surface area contributed by atoms with Gasteiger partial charge in [-0.25, -0.2) is 9.59 Å². The zero-order valence-corrected chi connectivity index (χ0v) is 25.6. The molecule has 0 aromatic heterocycles. The van der Waals surface area contributed by atoms with E-state index in [0.717, 1.165) is 0 Å². The minimum absolute atomic E-state index is 0.0943. The first-order valence-electron chi connectivity index (χ1n) is 14.6. The van der Waals surface area contributed by atoms with Crippen molar-refractivity contribution in [2.75, 3.05) is 20.8 Å². The Morgan fingerprint density at radius 3 is 2.02 bits per heavy atom. The number of benzene rings is 4. The van der Waals surface area contributed by atoms with E-state index in [1.807, 2.05) is 0 Å². The SMILES string of the molecule is COc1ccc(OC2C(CO)OC(Oc3ccc(O)cc3COC(=O)c3ccccc3)C(O)C2OC(=O)c2ccccc2)cc1OC. The van der Waals surface area contributed by atoms with Gasteiger partial charge in [-0.1, -0.05) is 36.4 Å². The van der Waals surface area contributed by atoms with Crippen LogP contribution >= 0.6 is 0 Å². The molecule has 4 aromatic rings. The van der Waals surface area contributed by atoms with Gasteiger partial charge in [-0.3, -0.25) is 0 Å². The Kier molecular flexibility index (Phi) is 10.8. The number of carbonyl (C=O) groups is 2. The van der Waals surface area contributed by atoms with E-state index in [9.17, 15) is 24.9 Å². The molecular weight excluding hydrogens is 612 g/mol. The molecule has 47 heavy (non-hydrogen) atoms. The molecule has 12 nitrogen and oxygen atoms in total. The van der Waals surface area contributed by atoms with Gasteiger partial charge in [-0.15, -0.1) is 0 Å². The fraction of sp³-hybridized carbons (Fsp3) is 0.257. The molecule has 4 aromatic carbocycles. The summed E-state index contributed by atoms with van der Waals surface area (Å²) in [5, 5.41) is 32.1. The van der Waals surface area contributed by atoms with E-state index >= 15 is 0 Å². The largest absolute Gasteiger partial charge is 0.508 e. The second-order valence-corrected chi connectivity index (χ2v) is 10.4. The van der Waals surface area contributed by atoms with Crippen molar-refractivity contribution < 1.29 is 58.1 Å². The van der Waals surface area contributed by atoms with Crippen LogP contribution < -0.4 is 18.9 Å². The smallest absolute Gasteiger partial charge is 0.338 e. The zero-order valence-electron chi connectivity index (χ0n) is 25.6. The van der Waals surface area contributed by atoms with Gasteiger partial charge in [0.2, 0.25) is 6.29 Å². The number of hydrogen-bond donors (Lipinski definition) is 3. The molecule has 5 unspecified atom stereocenters.